The maximum absolute atomic E-state index is 6.54. The average molecular weight is 273 g/mol. The largest absolute Gasteiger partial charge is 0.282 e. The zero-order chi connectivity index (χ0) is 12.8. The zero-order valence-corrected chi connectivity index (χ0v) is 11.7. The molecule has 6 heteroatoms. The van der Waals surface area contributed by atoms with E-state index in [9.17, 15) is 0 Å². The normalized spacial score (nSPS) is 12.1. The van der Waals surface area contributed by atoms with Gasteiger partial charge in [-0.25, -0.2) is 0 Å². The van der Waals surface area contributed by atoms with Gasteiger partial charge in [0.2, 0.25) is 0 Å². The van der Waals surface area contributed by atoms with Crippen LogP contribution < -0.4 is 0 Å². The monoisotopic (exact) mass is 272 g/mol. The highest BCUT2D eigenvalue weighted by Crippen LogP contribution is 2.45. The Morgan fingerprint density at radius 1 is 0.824 bits per heavy atom. The molecule has 0 saturated heterocycles. The number of aromatic amines is 2. The Bertz CT molecular complexity index is 467. The van der Waals surface area contributed by atoms with Crippen LogP contribution in [0.15, 0.2) is 0 Å². The van der Waals surface area contributed by atoms with Gasteiger partial charge in [0.25, 0.3) is 0 Å². The molecule has 0 aliphatic rings. The highest BCUT2D eigenvalue weighted by atomic mass is 35.5. The number of nitrogens with zero attached hydrogens (tertiary/aromatic N) is 2. The molecule has 2 aromatic rings. The highest BCUT2D eigenvalue weighted by Gasteiger charge is 2.37. The fourth-order valence-corrected chi connectivity index (χ4v) is 3.27. The molecule has 0 amide bonds. The third-order valence-electron chi connectivity index (χ3n) is 2.88. The van der Waals surface area contributed by atoms with E-state index in [0.29, 0.717) is 0 Å². The summed E-state index contributed by atoms with van der Waals surface area (Å²) in [5, 5.41) is 14.0. The van der Waals surface area contributed by atoms with E-state index in [0.717, 1.165) is 33.9 Å². The molecule has 92 valence electrons. The van der Waals surface area contributed by atoms with Crippen molar-refractivity contribution in [2.24, 2.45) is 0 Å². The molecule has 0 radical (unpaired) electrons. The van der Waals surface area contributed by atoms with Gasteiger partial charge in [-0.3, -0.25) is 10.2 Å². The molecule has 4 nitrogen and oxygen atoms in total. The summed E-state index contributed by atoms with van der Waals surface area (Å²) in [6.07, 6.45) is 0. The molecule has 0 atom stereocenters. The van der Waals surface area contributed by atoms with Gasteiger partial charge in [0.1, 0.15) is 0 Å². The molecular formula is C11H14Cl2N4. The summed E-state index contributed by atoms with van der Waals surface area (Å²) in [6, 6.07) is 0. The lowest BCUT2D eigenvalue weighted by atomic mass is 10.0. The topological polar surface area (TPSA) is 57.4 Å². The number of aryl methyl sites for hydroxylation is 4. The number of H-pyrrole nitrogens is 2. The molecule has 0 fully saturated rings. The standard InChI is InChI=1S/C11H14Cl2N4/c1-5-9(6(2)15-14-5)11(12,13)10-7(3)16-17-8(10)4/h1-4H3,(H,14,15)(H,16,17). The highest BCUT2D eigenvalue weighted by molar-refractivity contribution is 6.50. The Morgan fingerprint density at radius 3 is 1.41 bits per heavy atom. The van der Waals surface area contributed by atoms with E-state index in [2.05, 4.69) is 20.4 Å². The minimum absolute atomic E-state index is 0.799. The molecule has 0 unspecified atom stereocenters. The molecular weight excluding hydrogens is 259 g/mol. The van der Waals surface area contributed by atoms with Crippen LogP contribution in [0.1, 0.15) is 33.9 Å². The van der Waals surface area contributed by atoms with Gasteiger partial charge in [-0.15, -0.1) is 0 Å². The molecule has 0 bridgehead atoms. The smallest absolute Gasteiger partial charge is 0.175 e. The number of nitrogens with one attached hydrogen (secondary N) is 2. The van der Waals surface area contributed by atoms with E-state index in [1.165, 1.54) is 0 Å². The van der Waals surface area contributed by atoms with Crippen LogP contribution in [0.3, 0.4) is 0 Å². The first-order valence-corrected chi connectivity index (χ1v) is 6.03. The van der Waals surface area contributed by atoms with Crippen molar-refractivity contribution in [3.8, 4) is 0 Å². The summed E-state index contributed by atoms with van der Waals surface area (Å²) in [4.78, 5) is 0. The van der Waals surface area contributed by atoms with E-state index in [1.807, 2.05) is 27.7 Å². The van der Waals surface area contributed by atoms with Gasteiger partial charge in [-0.1, -0.05) is 23.2 Å². The molecule has 2 heterocycles. The fourth-order valence-electron chi connectivity index (χ4n) is 2.15. The van der Waals surface area contributed by atoms with E-state index in [-0.39, 0.29) is 0 Å². The van der Waals surface area contributed by atoms with Gasteiger partial charge in [0.05, 0.1) is 11.4 Å². The lowest BCUT2D eigenvalue weighted by Gasteiger charge is -2.21. The number of alkyl halides is 2. The van der Waals surface area contributed by atoms with Crippen LogP contribution in [0.25, 0.3) is 0 Å². The Kier molecular flexibility index (Phi) is 2.96. The molecule has 2 N–H and O–H groups in total. The SMILES string of the molecule is Cc1n[nH]c(C)c1C(Cl)(Cl)c1c(C)n[nH]c1C. The molecule has 17 heavy (non-hydrogen) atoms. The van der Waals surface area contributed by atoms with Crippen molar-refractivity contribution >= 4 is 23.2 Å². The summed E-state index contributed by atoms with van der Waals surface area (Å²) in [6.45, 7) is 7.56. The number of hydrogen-bond acceptors (Lipinski definition) is 2. The summed E-state index contributed by atoms with van der Waals surface area (Å²) >= 11 is 13.1. The Balaban J connectivity index is 2.65. The second kappa shape index (κ2) is 4.03. The average Bonchev–Trinajstić information content (AvgIpc) is 2.71. The third kappa shape index (κ3) is 1.85. The maximum Gasteiger partial charge on any atom is 0.175 e. The molecule has 0 spiro atoms. The van der Waals surface area contributed by atoms with Crippen molar-refractivity contribution in [1.29, 1.82) is 0 Å². The second-order valence-corrected chi connectivity index (χ2v) is 5.52. The van der Waals surface area contributed by atoms with Gasteiger partial charge in [-0.05, 0) is 27.7 Å². The molecule has 2 rings (SSSR count). The second-order valence-electron chi connectivity index (χ2n) is 4.19. The van der Waals surface area contributed by atoms with Crippen molar-refractivity contribution in [2.45, 2.75) is 32.0 Å². The fraction of sp³-hybridized carbons (Fsp3) is 0.455. The molecule has 0 aliphatic heterocycles. The van der Waals surface area contributed by atoms with Crippen molar-refractivity contribution < 1.29 is 0 Å². The first-order chi connectivity index (χ1) is 7.85. The molecule has 0 aliphatic carbocycles. The molecule has 0 aromatic carbocycles. The third-order valence-corrected chi connectivity index (χ3v) is 3.64. The molecule has 0 saturated carbocycles. The predicted molar refractivity (Wildman–Crippen MR) is 68.6 cm³/mol. The van der Waals surface area contributed by atoms with Crippen molar-refractivity contribution in [3.05, 3.63) is 33.9 Å². The van der Waals surface area contributed by atoms with E-state index >= 15 is 0 Å². The van der Waals surface area contributed by atoms with Gasteiger partial charge in [-0.2, -0.15) is 10.2 Å². The summed E-state index contributed by atoms with van der Waals surface area (Å²) in [5.74, 6) is 0. The van der Waals surface area contributed by atoms with Crippen LogP contribution in [0.4, 0.5) is 0 Å². The van der Waals surface area contributed by atoms with Crippen molar-refractivity contribution in [2.75, 3.05) is 0 Å². The number of halogens is 2. The zero-order valence-electron chi connectivity index (χ0n) is 10.2. The lowest BCUT2D eigenvalue weighted by Crippen LogP contribution is -2.16. The van der Waals surface area contributed by atoms with E-state index < -0.39 is 4.33 Å². The minimum Gasteiger partial charge on any atom is -0.282 e. The number of aromatic nitrogens is 4. The van der Waals surface area contributed by atoms with Crippen LogP contribution in [0, 0.1) is 27.7 Å². The van der Waals surface area contributed by atoms with Crippen molar-refractivity contribution in [3.63, 3.8) is 0 Å². The van der Waals surface area contributed by atoms with Crippen molar-refractivity contribution in [1.82, 2.24) is 20.4 Å². The quantitative estimate of drug-likeness (QED) is 0.826. The van der Waals surface area contributed by atoms with Gasteiger partial charge >= 0.3 is 0 Å². The maximum atomic E-state index is 6.54. The Morgan fingerprint density at radius 2 is 1.18 bits per heavy atom. The molecule has 2 aromatic heterocycles. The van der Waals surface area contributed by atoms with Gasteiger partial charge < -0.3 is 0 Å². The minimum atomic E-state index is -1.14. The van der Waals surface area contributed by atoms with Crippen LogP contribution in [0.5, 0.6) is 0 Å². The van der Waals surface area contributed by atoms with E-state index in [1.54, 1.807) is 0 Å². The van der Waals surface area contributed by atoms with Crippen LogP contribution >= 0.6 is 23.2 Å². The summed E-state index contributed by atoms with van der Waals surface area (Å²) < 4.78 is -1.14. The number of hydrogen-bond donors (Lipinski definition) is 2. The Hall–Kier alpha value is -1.00. The Labute approximate surface area is 110 Å². The number of rotatable bonds is 2. The first kappa shape index (κ1) is 12.5. The van der Waals surface area contributed by atoms with Crippen LogP contribution in [0.2, 0.25) is 0 Å². The predicted octanol–water partition coefficient (Wildman–Crippen LogP) is 3.05. The summed E-state index contributed by atoms with van der Waals surface area (Å²) in [5.41, 5.74) is 4.93. The lowest BCUT2D eigenvalue weighted by molar-refractivity contribution is 0.973. The summed E-state index contributed by atoms with van der Waals surface area (Å²) in [7, 11) is 0. The van der Waals surface area contributed by atoms with Gasteiger partial charge in [0, 0.05) is 22.5 Å². The van der Waals surface area contributed by atoms with Crippen LogP contribution in [-0.4, -0.2) is 20.4 Å². The van der Waals surface area contributed by atoms with Gasteiger partial charge in [0.15, 0.2) is 4.33 Å². The van der Waals surface area contributed by atoms with Crippen LogP contribution in [-0.2, 0) is 4.33 Å². The van der Waals surface area contributed by atoms with E-state index in [4.69, 9.17) is 23.2 Å². The first-order valence-electron chi connectivity index (χ1n) is 5.27.